The summed E-state index contributed by atoms with van der Waals surface area (Å²) in [6.45, 7) is 3.27. The lowest BCUT2D eigenvalue weighted by Crippen LogP contribution is -2.49. The summed E-state index contributed by atoms with van der Waals surface area (Å²) in [5.74, 6) is -2.60. The van der Waals surface area contributed by atoms with E-state index in [1.54, 1.807) is 0 Å². The maximum Gasteiger partial charge on any atom is 0.305 e. The zero-order valence-corrected chi connectivity index (χ0v) is 28.8. The molecule has 272 valence electrons. The predicted molar refractivity (Wildman–Crippen MR) is 171 cm³/mol. The van der Waals surface area contributed by atoms with E-state index in [1.807, 2.05) is 19.6 Å². The second-order valence-corrected chi connectivity index (χ2v) is 11.6. The Labute approximate surface area is 282 Å². The molecule has 1 aliphatic heterocycles. The van der Waals surface area contributed by atoms with E-state index in [0.717, 1.165) is 0 Å². The van der Waals surface area contributed by atoms with Crippen LogP contribution >= 0.6 is 0 Å². The molecule has 0 unspecified atom stereocenters. The van der Waals surface area contributed by atoms with Gasteiger partial charge in [-0.25, -0.2) is 0 Å². The summed E-state index contributed by atoms with van der Waals surface area (Å²) in [4.78, 5) is 105. The minimum Gasteiger partial charge on any atom is -0.469 e. The first-order valence-electron chi connectivity index (χ1n) is 16.1. The van der Waals surface area contributed by atoms with Gasteiger partial charge in [-0.15, -0.1) is 0 Å². The molecule has 0 aromatic carbocycles. The van der Waals surface area contributed by atoms with E-state index in [-0.39, 0.29) is 101 Å². The molecule has 0 aromatic heterocycles. The summed E-state index contributed by atoms with van der Waals surface area (Å²) in [6.07, 6.45) is -0.140. The lowest BCUT2D eigenvalue weighted by molar-refractivity contribution is -0.142. The van der Waals surface area contributed by atoms with Crippen LogP contribution in [0.5, 0.6) is 0 Å². The first-order valence-corrected chi connectivity index (χ1v) is 16.1. The number of nitrogens with zero attached hydrogens (tertiary/aromatic N) is 4. The summed E-state index contributed by atoms with van der Waals surface area (Å²) < 4.78 is 18.6. The van der Waals surface area contributed by atoms with Gasteiger partial charge in [0.2, 0.25) is 0 Å². The van der Waals surface area contributed by atoms with Crippen LogP contribution in [0.25, 0.3) is 0 Å². The normalized spacial score (nSPS) is 15.8. The third-order valence-corrected chi connectivity index (χ3v) is 7.87. The van der Waals surface area contributed by atoms with Crippen LogP contribution in [0.4, 0.5) is 0 Å². The molecule has 0 spiro atoms. The Bertz CT molecular complexity index is 915. The zero-order chi connectivity index (χ0) is 35.9. The van der Waals surface area contributed by atoms with Gasteiger partial charge >= 0.3 is 23.9 Å². The van der Waals surface area contributed by atoms with Gasteiger partial charge in [-0.3, -0.25) is 58.0 Å². The minimum absolute atomic E-state index is 0.00754. The fourth-order valence-electron chi connectivity index (χ4n) is 4.90. The number of methoxy groups -OCH3 is 4. The first-order chi connectivity index (χ1) is 22.9. The van der Waals surface area contributed by atoms with Crippen molar-refractivity contribution in [3.8, 4) is 0 Å². The largest absolute Gasteiger partial charge is 0.469 e. The first kappa shape index (κ1) is 42.4. The van der Waals surface area contributed by atoms with Crippen molar-refractivity contribution in [2.45, 2.75) is 51.4 Å². The van der Waals surface area contributed by atoms with Gasteiger partial charge in [-0.1, -0.05) is 0 Å². The van der Waals surface area contributed by atoms with Gasteiger partial charge in [-0.05, 0) is 0 Å². The molecule has 16 nitrogen and oxygen atoms in total. The van der Waals surface area contributed by atoms with E-state index < -0.39 is 23.9 Å². The summed E-state index contributed by atoms with van der Waals surface area (Å²) in [7, 11) is 5.02. The maximum absolute atomic E-state index is 12.8. The van der Waals surface area contributed by atoms with Crippen molar-refractivity contribution in [1.82, 2.24) is 19.6 Å². The van der Waals surface area contributed by atoms with Crippen molar-refractivity contribution in [3.63, 3.8) is 0 Å². The molecule has 48 heavy (non-hydrogen) atoms. The van der Waals surface area contributed by atoms with Gasteiger partial charge in [0.15, 0.2) is 0 Å². The third kappa shape index (κ3) is 19.9. The molecule has 0 radical (unpaired) electrons. The number of ketones is 4. The van der Waals surface area contributed by atoms with E-state index in [9.17, 15) is 38.4 Å². The molecule has 0 amide bonds. The van der Waals surface area contributed by atoms with E-state index in [2.05, 4.69) is 18.9 Å². The van der Waals surface area contributed by atoms with E-state index in [0.29, 0.717) is 52.4 Å². The lowest BCUT2D eigenvalue weighted by atomic mass is 10.1. The quantitative estimate of drug-likeness (QED) is 0.116. The Balaban J connectivity index is 3.17. The van der Waals surface area contributed by atoms with Gasteiger partial charge in [0.25, 0.3) is 0 Å². The summed E-state index contributed by atoms with van der Waals surface area (Å²) in [6, 6.07) is 0. The maximum atomic E-state index is 12.8. The smallest absolute Gasteiger partial charge is 0.305 e. The minimum atomic E-state index is -0.487. The second kappa shape index (κ2) is 24.5. The number of hydrogen-bond acceptors (Lipinski definition) is 16. The van der Waals surface area contributed by atoms with E-state index in [4.69, 9.17) is 0 Å². The molecule has 1 fully saturated rings. The fourth-order valence-corrected chi connectivity index (χ4v) is 4.90. The molecular weight excluding hydrogens is 632 g/mol. The Hall–Kier alpha value is -3.60. The fraction of sp³-hybridized carbons (Fsp3) is 0.750. The van der Waals surface area contributed by atoms with E-state index >= 15 is 0 Å². The molecule has 0 bridgehead atoms. The topological polar surface area (TPSA) is 186 Å². The monoisotopic (exact) mass is 684 g/mol. The van der Waals surface area contributed by atoms with Crippen molar-refractivity contribution < 1.29 is 57.3 Å². The average molecular weight is 685 g/mol. The Morgan fingerprint density at radius 2 is 0.500 bits per heavy atom. The van der Waals surface area contributed by atoms with E-state index in [1.165, 1.54) is 28.4 Å². The Kier molecular flexibility index (Phi) is 21.7. The van der Waals surface area contributed by atoms with Gasteiger partial charge < -0.3 is 18.9 Å². The zero-order valence-electron chi connectivity index (χ0n) is 28.8. The molecule has 0 aliphatic carbocycles. The van der Waals surface area contributed by atoms with Crippen LogP contribution in [0.2, 0.25) is 0 Å². The van der Waals surface area contributed by atoms with Crippen molar-refractivity contribution in [1.29, 1.82) is 0 Å². The number of esters is 4. The standard InChI is InChI=1S/C32H52N4O12/c1-45-29(41)9-5-25(37)21-33-13-15-34(22-26(38)6-10-30(42)46-2)17-19-36(24-28(40)8-12-32(44)48-4)20-18-35(16-14-33)23-27(39)7-11-31(43)47-3/h5-24H2,1-4H3. The van der Waals surface area contributed by atoms with Crippen LogP contribution in [0.3, 0.4) is 0 Å². The van der Waals surface area contributed by atoms with Crippen molar-refractivity contribution in [2.75, 3.05) is 107 Å². The molecule has 0 saturated carbocycles. The molecule has 0 N–H and O–H groups in total. The molecule has 16 heteroatoms. The van der Waals surface area contributed by atoms with Gasteiger partial charge in [0.1, 0.15) is 23.1 Å². The number of carbonyl (C=O) groups excluding carboxylic acids is 8. The summed E-state index contributed by atoms with van der Waals surface area (Å²) in [5.41, 5.74) is 0. The predicted octanol–water partition coefficient (Wildman–Crippen LogP) is -0.703. The second-order valence-electron chi connectivity index (χ2n) is 11.6. The molecule has 0 aromatic rings. The molecule has 1 aliphatic rings. The van der Waals surface area contributed by atoms with Crippen LogP contribution in [-0.2, 0) is 57.3 Å². The highest BCUT2D eigenvalue weighted by molar-refractivity contribution is 5.86. The van der Waals surface area contributed by atoms with Crippen molar-refractivity contribution >= 4 is 47.0 Å². The highest BCUT2D eigenvalue weighted by Gasteiger charge is 2.22. The average Bonchev–Trinajstić information content (AvgIpc) is 3.07. The molecule has 1 rings (SSSR count). The highest BCUT2D eigenvalue weighted by atomic mass is 16.5. The van der Waals surface area contributed by atoms with Gasteiger partial charge in [0, 0.05) is 78.0 Å². The van der Waals surface area contributed by atoms with Crippen LogP contribution < -0.4 is 0 Å². The van der Waals surface area contributed by atoms with Gasteiger partial charge in [0.05, 0.1) is 80.3 Å². The third-order valence-electron chi connectivity index (χ3n) is 7.87. The summed E-state index contributed by atoms with van der Waals surface area (Å²) in [5, 5.41) is 0. The Morgan fingerprint density at radius 1 is 0.333 bits per heavy atom. The van der Waals surface area contributed by atoms with Crippen molar-refractivity contribution in [2.24, 2.45) is 0 Å². The number of rotatable bonds is 20. The molecule has 1 heterocycles. The van der Waals surface area contributed by atoms with Crippen molar-refractivity contribution in [3.05, 3.63) is 0 Å². The SMILES string of the molecule is COC(=O)CCC(=O)CN1CCN(CC(=O)CCC(=O)OC)CCN(CC(=O)CCC(=O)OC)CCN(CC(=O)CCC(=O)OC)CC1. The summed E-state index contributed by atoms with van der Waals surface area (Å²) >= 11 is 0. The van der Waals surface area contributed by atoms with Crippen LogP contribution in [-0.4, -0.2) is 174 Å². The van der Waals surface area contributed by atoms with Crippen LogP contribution in [0.1, 0.15) is 51.4 Å². The number of carbonyl (C=O) groups is 8. The lowest BCUT2D eigenvalue weighted by Gasteiger charge is -2.33. The van der Waals surface area contributed by atoms with Crippen LogP contribution in [0.15, 0.2) is 0 Å². The number of ether oxygens (including phenoxy) is 4. The highest BCUT2D eigenvalue weighted by Crippen LogP contribution is 2.07. The molecule has 1 saturated heterocycles. The number of hydrogen-bond donors (Lipinski definition) is 0. The molecule has 0 atom stereocenters. The Morgan fingerprint density at radius 3 is 0.646 bits per heavy atom. The van der Waals surface area contributed by atoms with Gasteiger partial charge in [-0.2, -0.15) is 0 Å². The van der Waals surface area contributed by atoms with Crippen LogP contribution in [0, 0.1) is 0 Å². The molecular formula is C32H52N4O12. The number of Topliss-reactive ketones (excluding diaryl/α,β-unsaturated/α-hetero) is 4.